The highest BCUT2D eigenvalue weighted by Gasteiger charge is 2.14. The highest BCUT2D eigenvalue weighted by Crippen LogP contribution is 2.27. The third-order valence-corrected chi connectivity index (χ3v) is 2.89. The molecule has 4 nitrogen and oxygen atoms in total. The van der Waals surface area contributed by atoms with Crippen molar-refractivity contribution in [2.75, 3.05) is 17.7 Å². The van der Waals surface area contributed by atoms with Crippen LogP contribution in [0.25, 0.3) is 0 Å². The maximum absolute atomic E-state index is 13.7. The smallest absolute Gasteiger partial charge is 0.149 e. The lowest BCUT2D eigenvalue weighted by Crippen LogP contribution is -2.07. The molecule has 0 aliphatic rings. The molecule has 0 radical (unpaired) electrons. The number of halogens is 2. The van der Waals surface area contributed by atoms with Gasteiger partial charge in [0.25, 0.3) is 0 Å². The number of anilines is 3. The summed E-state index contributed by atoms with van der Waals surface area (Å²) in [6.07, 6.45) is 2.93. The van der Waals surface area contributed by atoms with Gasteiger partial charge in [-0.25, -0.2) is 18.7 Å². The number of nitrogens with one attached hydrogen (secondary N) is 2. The van der Waals surface area contributed by atoms with E-state index >= 15 is 0 Å². The van der Waals surface area contributed by atoms with Crippen LogP contribution in [0.2, 0.25) is 0 Å². The highest BCUT2D eigenvalue weighted by atomic mass is 19.1. The van der Waals surface area contributed by atoms with Gasteiger partial charge < -0.3 is 10.6 Å². The second kappa shape index (κ2) is 6.27. The first-order valence-corrected chi connectivity index (χ1v) is 6.40. The van der Waals surface area contributed by atoms with Gasteiger partial charge in [0.2, 0.25) is 0 Å². The number of benzene rings is 1. The van der Waals surface area contributed by atoms with Crippen LogP contribution in [0.4, 0.5) is 26.1 Å². The average Bonchev–Trinajstić information content (AvgIpc) is 2.44. The Balaban J connectivity index is 2.43. The summed E-state index contributed by atoms with van der Waals surface area (Å²) in [7, 11) is 1.74. The van der Waals surface area contributed by atoms with Crippen molar-refractivity contribution >= 4 is 17.3 Å². The minimum absolute atomic E-state index is 0.203. The van der Waals surface area contributed by atoms with Crippen LogP contribution >= 0.6 is 0 Å². The second-order valence-electron chi connectivity index (χ2n) is 4.27. The predicted octanol–water partition coefficient (Wildman–Crippen LogP) is 3.49. The van der Waals surface area contributed by atoms with Gasteiger partial charge in [0.15, 0.2) is 0 Å². The maximum atomic E-state index is 13.7. The topological polar surface area (TPSA) is 49.8 Å². The molecule has 0 unspecified atom stereocenters. The van der Waals surface area contributed by atoms with Gasteiger partial charge in [-0.3, -0.25) is 0 Å². The van der Waals surface area contributed by atoms with Crippen LogP contribution < -0.4 is 10.6 Å². The standard InChI is InChI=1S/C14H16F2N4/c1-3-5-9-13(17-2)18-8-19-14(9)20-12-10(15)6-4-7-11(12)16/h4,6-8H,3,5H2,1-2H3,(H2,17,18,19,20). The van der Waals surface area contributed by atoms with E-state index in [9.17, 15) is 8.78 Å². The molecule has 0 spiro atoms. The van der Waals surface area contributed by atoms with Crippen molar-refractivity contribution in [3.63, 3.8) is 0 Å². The lowest BCUT2D eigenvalue weighted by molar-refractivity contribution is 0.590. The van der Waals surface area contributed by atoms with Gasteiger partial charge in [0.1, 0.15) is 35.3 Å². The van der Waals surface area contributed by atoms with Crippen molar-refractivity contribution < 1.29 is 8.78 Å². The van der Waals surface area contributed by atoms with Gasteiger partial charge in [-0.2, -0.15) is 0 Å². The van der Waals surface area contributed by atoms with E-state index in [4.69, 9.17) is 0 Å². The number of para-hydroxylation sites is 1. The molecule has 0 amide bonds. The maximum Gasteiger partial charge on any atom is 0.149 e. The fourth-order valence-corrected chi connectivity index (χ4v) is 1.96. The lowest BCUT2D eigenvalue weighted by atomic mass is 10.1. The largest absolute Gasteiger partial charge is 0.373 e. The number of aromatic nitrogens is 2. The molecule has 0 atom stereocenters. The number of rotatable bonds is 5. The fourth-order valence-electron chi connectivity index (χ4n) is 1.96. The van der Waals surface area contributed by atoms with Crippen molar-refractivity contribution in [1.29, 1.82) is 0 Å². The lowest BCUT2D eigenvalue weighted by Gasteiger charge is -2.14. The third-order valence-electron chi connectivity index (χ3n) is 2.89. The zero-order valence-electron chi connectivity index (χ0n) is 11.4. The summed E-state index contributed by atoms with van der Waals surface area (Å²) >= 11 is 0. The molecule has 0 fully saturated rings. The minimum Gasteiger partial charge on any atom is -0.373 e. The Morgan fingerprint density at radius 3 is 2.35 bits per heavy atom. The first-order chi connectivity index (χ1) is 9.67. The second-order valence-corrected chi connectivity index (χ2v) is 4.27. The molecule has 0 saturated carbocycles. The Labute approximate surface area is 116 Å². The number of hydrogen-bond donors (Lipinski definition) is 2. The summed E-state index contributed by atoms with van der Waals surface area (Å²) in [5.41, 5.74) is 0.603. The molecule has 0 bridgehead atoms. The summed E-state index contributed by atoms with van der Waals surface area (Å²) in [5, 5.41) is 5.68. The average molecular weight is 278 g/mol. The highest BCUT2D eigenvalue weighted by molar-refractivity contribution is 5.65. The van der Waals surface area contributed by atoms with Gasteiger partial charge in [0.05, 0.1) is 0 Å². The first-order valence-electron chi connectivity index (χ1n) is 6.40. The van der Waals surface area contributed by atoms with E-state index in [0.717, 1.165) is 12.0 Å². The molecule has 1 aromatic carbocycles. The normalized spacial score (nSPS) is 10.4. The zero-order valence-corrected chi connectivity index (χ0v) is 11.4. The Kier molecular flexibility index (Phi) is 4.45. The van der Waals surface area contributed by atoms with Crippen LogP contribution in [-0.2, 0) is 6.42 Å². The van der Waals surface area contributed by atoms with Gasteiger partial charge >= 0.3 is 0 Å². The summed E-state index contributed by atoms with van der Waals surface area (Å²) in [6, 6.07) is 3.72. The summed E-state index contributed by atoms with van der Waals surface area (Å²) < 4.78 is 27.3. The molecule has 2 N–H and O–H groups in total. The Morgan fingerprint density at radius 1 is 1.10 bits per heavy atom. The summed E-state index contributed by atoms with van der Waals surface area (Å²) in [4.78, 5) is 8.20. The third kappa shape index (κ3) is 2.84. The van der Waals surface area contributed by atoms with Crippen molar-refractivity contribution in [2.45, 2.75) is 19.8 Å². The zero-order chi connectivity index (χ0) is 14.5. The van der Waals surface area contributed by atoms with E-state index in [0.29, 0.717) is 18.1 Å². The molecule has 6 heteroatoms. The van der Waals surface area contributed by atoms with Crippen LogP contribution in [0.15, 0.2) is 24.5 Å². The predicted molar refractivity (Wildman–Crippen MR) is 75.2 cm³/mol. The van der Waals surface area contributed by atoms with Crippen molar-refractivity contribution in [3.05, 3.63) is 41.7 Å². The molecule has 20 heavy (non-hydrogen) atoms. The van der Waals surface area contributed by atoms with Gasteiger partial charge in [0, 0.05) is 12.6 Å². The molecule has 2 rings (SSSR count). The van der Waals surface area contributed by atoms with Crippen LogP contribution in [0, 0.1) is 11.6 Å². The van der Waals surface area contributed by atoms with Gasteiger partial charge in [-0.15, -0.1) is 0 Å². The molecule has 2 aromatic rings. The van der Waals surface area contributed by atoms with E-state index < -0.39 is 11.6 Å². The number of nitrogens with zero attached hydrogens (tertiary/aromatic N) is 2. The quantitative estimate of drug-likeness (QED) is 0.879. The van der Waals surface area contributed by atoms with Crippen molar-refractivity contribution in [2.24, 2.45) is 0 Å². The van der Waals surface area contributed by atoms with E-state index in [1.54, 1.807) is 7.05 Å². The van der Waals surface area contributed by atoms with E-state index in [2.05, 4.69) is 20.6 Å². The SMILES string of the molecule is CCCc1c(NC)ncnc1Nc1c(F)cccc1F. The van der Waals surface area contributed by atoms with Crippen LogP contribution in [0.3, 0.4) is 0 Å². The Bertz CT molecular complexity index is 581. The Hall–Kier alpha value is -2.24. The molecule has 0 aliphatic heterocycles. The molecule has 0 aliphatic carbocycles. The summed E-state index contributed by atoms with van der Waals surface area (Å²) in [5.74, 6) is -0.245. The van der Waals surface area contributed by atoms with Crippen LogP contribution in [-0.4, -0.2) is 17.0 Å². The van der Waals surface area contributed by atoms with Crippen molar-refractivity contribution in [1.82, 2.24) is 9.97 Å². The Morgan fingerprint density at radius 2 is 1.75 bits per heavy atom. The molecule has 1 heterocycles. The molecule has 106 valence electrons. The molecule has 0 saturated heterocycles. The van der Waals surface area contributed by atoms with Gasteiger partial charge in [-0.05, 0) is 18.6 Å². The molecular weight excluding hydrogens is 262 g/mol. The van der Waals surface area contributed by atoms with Gasteiger partial charge in [-0.1, -0.05) is 19.4 Å². The van der Waals surface area contributed by atoms with Crippen LogP contribution in [0.5, 0.6) is 0 Å². The van der Waals surface area contributed by atoms with E-state index in [1.807, 2.05) is 6.92 Å². The van der Waals surface area contributed by atoms with E-state index in [-0.39, 0.29) is 5.69 Å². The minimum atomic E-state index is -0.655. The molecule has 1 aromatic heterocycles. The monoisotopic (exact) mass is 278 g/mol. The summed E-state index contributed by atoms with van der Waals surface area (Å²) in [6.45, 7) is 2.01. The molecular formula is C14H16F2N4. The van der Waals surface area contributed by atoms with E-state index in [1.165, 1.54) is 24.5 Å². The van der Waals surface area contributed by atoms with Crippen LogP contribution in [0.1, 0.15) is 18.9 Å². The number of hydrogen-bond acceptors (Lipinski definition) is 4. The first kappa shape index (κ1) is 14.2. The fraction of sp³-hybridized carbons (Fsp3) is 0.286. The van der Waals surface area contributed by atoms with Crippen molar-refractivity contribution in [3.8, 4) is 0 Å².